The summed E-state index contributed by atoms with van der Waals surface area (Å²) in [6.07, 6.45) is -0.564. The molecule has 0 spiro atoms. The molecule has 0 unspecified atom stereocenters. The van der Waals surface area contributed by atoms with Gasteiger partial charge < -0.3 is 24.6 Å². The van der Waals surface area contributed by atoms with Crippen LogP contribution in [0.1, 0.15) is 16.7 Å². The zero-order valence-electron chi connectivity index (χ0n) is 17.4. The van der Waals surface area contributed by atoms with Crippen LogP contribution >= 0.6 is 0 Å². The summed E-state index contributed by atoms with van der Waals surface area (Å²) in [7, 11) is 1.64. The zero-order chi connectivity index (χ0) is 20.5. The monoisotopic (exact) mass is 400 g/mol. The van der Waals surface area contributed by atoms with E-state index in [4.69, 9.17) is 14.2 Å². The maximum Gasteiger partial charge on any atom is 0.165 e. The molecule has 0 aliphatic carbocycles. The summed E-state index contributed by atoms with van der Waals surface area (Å²) >= 11 is 0. The van der Waals surface area contributed by atoms with Crippen molar-refractivity contribution in [2.45, 2.75) is 26.1 Å². The minimum Gasteiger partial charge on any atom is -0.493 e. The summed E-state index contributed by atoms with van der Waals surface area (Å²) in [6, 6.07) is 14.3. The van der Waals surface area contributed by atoms with Gasteiger partial charge in [0.15, 0.2) is 11.5 Å². The van der Waals surface area contributed by atoms with E-state index in [0.29, 0.717) is 24.6 Å². The Balaban J connectivity index is 1.56. The third kappa shape index (κ3) is 6.72. The van der Waals surface area contributed by atoms with Crippen LogP contribution in [0, 0.1) is 6.92 Å². The first-order valence-corrected chi connectivity index (χ1v) is 10.2. The van der Waals surface area contributed by atoms with Crippen LogP contribution < -0.4 is 14.8 Å². The summed E-state index contributed by atoms with van der Waals surface area (Å²) < 4.78 is 16.9. The Morgan fingerprint density at radius 1 is 1.14 bits per heavy atom. The van der Waals surface area contributed by atoms with Gasteiger partial charge in [-0.05, 0) is 18.6 Å². The number of para-hydroxylation sites is 1. The van der Waals surface area contributed by atoms with Crippen LogP contribution in [0.15, 0.2) is 42.5 Å². The van der Waals surface area contributed by atoms with Crippen LogP contribution in [0.3, 0.4) is 0 Å². The van der Waals surface area contributed by atoms with Crippen molar-refractivity contribution in [1.29, 1.82) is 0 Å². The van der Waals surface area contributed by atoms with E-state index in [1.54, 1.807) is 7.11 Å². The first-order chi connectivity index (χ1) is 14.2. The lowest BCUT2D eigenvalue weighted by atomic mass is 10.1. The molecule has 6 heteroatoms. The van der Waals surface area contributed by atoms with Gasteiger partial charge in [0.1, 0.15) is 12.7 Å². The first-order valence-electron chi connectivity index (χ1n) is 10.2. The lowest BCUT2D eigenvalue weighted by Crippen LogP contribution is -2.42. The molecule has 6 nitrogen and oxygen atoms in total. The molecule has 0 saturated carbocycles. The molecule has 0 bridgehead atoms. The van der Waals surface area contributed by atoms with Crippen molar-refractivity contribution in [3.05, 3.63) is 59.2 Å². The molecule has 2 aromatic rings. The van der Waals surface area contributed by atoms with Gasteiger partial charge in [-0.2, -0.15) is 0 Å². The van der Waals surface area contributed by atoms with Crippen molar-refractivity contribution in [3.63, 3.8) is 0 Å². The van der Waals surface area contributed by atoms with Crippen molar-refractivity contribution in [2.75, 3.05) is 46.6 Å². The number of rotatable bonds is 10. The van der Waals surface area contributed by atoms with Gasteiger partial charge in [-0.25, -0.2) is 0 Å². The number of benzene rings is 2. The fourth-order valence-corrected chi connectivity index (χ4v) is 3.50. The number of hydrogen-bond donors (Lipinski definition) is 2. The smallest absolute Gasteiger partial charge is 0.165 e. The van der Waals surface area contributed by atoms with E-state index in [2.05, 4.69) is 41.4 Å². The highest BCUT2D eigenvalue weighted by Gasteiger charge is 2.17. The molecule has 1 aliphatic heterocycles. The Kier molecular flexibility index (Phi) is 8.31. The Hall–Kier alpha value is -2.12. The Morgan fingerprint density at radius 3 is 2.69 bits per heavy atom. The van der Waals surface area contributed by atoms with Gasteiger partial charge in [-0.3, -0.25) is 4.90 Å². The first kappa shape index (κ1) is 21.6. The molecule has 2 N–H and O–H groups in total. The average Bonchev–Trinajstić information content (AvgIpc) is 2.73. The number of morpholine rings is 1. The molecule has 29 heavy (non-hydrogen) atoms. The molecule has 1 fully saturated rings. The Labute approximate surface area is 173 Å². The van der Waals surface area contributed by atoms with Crippen LogP contribution in [0.2, 0.25) is 0 Å². The third-order valence-electron chi connectivity index (χ3n) is 5.00. The standard InChI is InChI=1S/C23H32N2O4/c1-18-5-3-6-19(13-18)14-24-15-20-7-4-8-22(27-2)23(20)29-17-21(26)16-25-9-11-28-12-10-25/h3-8,13,21,24,26H,9-12,14-17H2,1-2H3/t21-/m0/s1. The van der Waals surface area contributed by atoms with Gasteiger partial charge in [0.25, 0.3) is 0 Å². The number of methoxy groups -OCH3 is 1. The van der Waals surface area contributed by atoms with Crippen LogP contribution in [0.25, 0.3) is 0 Å². The minimum atomic E-state index is -0.564. The summed E-state index contributed by atoms with van der Waals surface area (Å²) in [4.78, 5) is 2.20. The van der Waals surface area contributed by atoms with Crippen LogP contribution in [-0.4, -0.2) is 62.7 Å². The molecule has 1 heterocycles. The van der Waals surface area contributed by atoms with Crippen molar-refractivity contribution in [1.82, 2.24) is 10.2 Å². The molecule has 0 amide bonds. The number of hydrogen-bond acceptors (Lipinski definition) is 6. The fourth-order valence-electron chi connectivity index (χ4n) is 3.50. The summed E-state index contributed by atoms with van der Waals surface area (Å²) in [6.45, 7) is 7.47. The number of aliphatic hydroxyl groups is 1. The zero-order valence-corrected chi connectivity index (χ0v) is 17.4. The summed E-state index contributed by atoms with van der Waals surface area (Å²) in [5.74, 6) is 1.37. The molecule has 0 radical (unpaired) electrons. The molecule has 1 atom stereocenters. The highest BCUT2D eigenvalue weighted by molar-refractivity contribution is 5.46. The van der Waals surface area contributed by atoms with Gasteiger partial charge in [-0.15, -0.1) is 0 Å². The van der Waals surface area contributed by atoms with Crippen molar-refractivity contribution in [3.8, 4) is 11.5 Å². The Morgan fingerprint density at radius 2 is 1.93 bits per heavy atom. The normalized spacial score (nSPS) is 15.8. The van der Waals surface area contributed by atoms with Crippen LogP contribution in [0.5, 0.6) is 11.5 Å². The number of ether oxygens (including phenoxy) is 3. The lowest BCUT2D eigenvalue weighted by Gasteiger charge is -2.28. The van der Waals surface area contributed by atoms with E-state index in [1.165, 1.54) is 11.1 Å². The predicted molar refractivity (Wildman–Crippen MR) is 113 cm³/mol. The van der Waals surface area contributed by atoms with Gasteiger partial charge in [-0.1, -0.05) is 42.0 Å². The maximum absolute atomic E-state index is 10.4. The molecule has 2 aromatic carbocycles. The van der Waals surface area contributed by atoms with Crippen molar-refractivity contribution < 1.29 is 19.3 Å². The molecule has 158 valence electrons. The van der Waals surface area contributed by atoms with E-state index < -0.39 is 6.10 Å². The van der Waals surface area contributed by atoms with Crippen LogP contribution in [0.4, 0.5) is 0 Å². The van der Waals surface area contributed by atoms with Gasteiger partial charge in [0.2, 0.25) is 0 Å². The van der Waals surface area contributed by atoms with E-state index in [9.17, 15) is 5.11 Å². The molecule has 0 aromatic heterocycles. The predicted octanol–water partition coefficient (Wildman–Crippen LogP) is 2.37. The second-order valence-corrected chi connectivity index (χ2v) is 7.42. The number of nitrogens with one attached hydrogen (secondary N) is 1. The molecule has 3 rings (SSSR count). The second kappa shape index (κ2) is 11.2. The largest absolute Gasteiger partial charge is 0.493 e. The van der Waals surface area contributed by atoms with E-state index in [-0.39, 0.29) is 6.61 Å². The van der Waals surface area contributed by atoms with E-state index >= 15 is 0 Å². The quantitative estimate of drug-likeness (QED) is 0.639. The molecule has 1 aliphatic rings. The van der Waals surface area contributed by atoms with Crippen LogP contribution in [-0.2, 0) is 17.8 Å². The highest BCUT2D eigenvalue weighted by atomic mass is 16.5. The van der Waals surface area contributed by atoms with Gasteiger partial charge in [0.05, 0.1) is 20.3 Å². The summed E-state index contributed by atoms with van der Waals surface area (Å²) in [5.41, 5.74) is 3.51. The van der Waals surface area contributed by atoms with Crippen molar-refractivity contribution in [2.24, 2.45) is 0 Å². The highest BCUT2D eigenvalue weighted by Crippen LogP contribution is 2.31. The Bertz CT molecular complexity index is 762. The second-order valence-electron chi connectivity index (χ2n) is 7.42. The number of aliphatic hydroxyl groups excluding tert-OH is 1. The van der Waals surface area contributed by atoms with Crippen molar-refractivity contribution >= 4 is 0 Å². The number of β-amino-alcohol motifs (C(OH)–C–C–N with tert-alkyl or cyclic N) is 1. The number of aryl methyl sites for hydroxylation is 1. The number of nitrogens with zero attached hydrogens (tertiary/aromatic N) is 1. The van der Waals surface area contributed by atoms with Gasteiger partial charge in [0, 0.05) is 38.3 Å². The average molecular weight is 401 g/mol. The van der Waals surface area contributed by atoms with E-state index in [1.807, 2.05) is 18.2 Å². The molecular weight excluding hydrogens is 368 g/mol. The molecule has 1 saturated heterocycles. The van der Waals surface area contributed by atoms with Gasteiger partial charge >= 0.3 is 0 Å². The third-order valence-corrected chi connectivity index (χ3v) is 5.00. The lowest BCUT2D eigenvalue weighted by molar-refractivity contribution is 0.00436. The SMILES string of the molecule is COc1cccc(CNCc2cccc(C)c2)c1OC[C@@H](O)CN1CCOCC1. The van der Waals surface area contributed by atoms with E-state index in [0.717, 1.165) is 38.4 Å². The molecular formula is C23H32N2O4. The topological polar surface area (TPSA) is 63.2 Å². The minimum absolute atomic E-state index is 0.225. The fraction of sp³-hybridized carbons (Fsp3) is 0.478. The maximum atomic E-state index is 10.4. The summed E-state index contributed by atoms with van der Waals surface area (Å²) in [5, 5.41) is 13.9.